The second-order valence-corrected chi connectivity index (χ2v) is 6.18. The SMILES string of the molecule is COc1cn(-c2ccccc2)nc1C(=O)O[C@H](C)C(=O)c1ccc(Cl)cc1. The predicted molar refractivity (Wildman–Crippen MR) is 101 cm³/mol. The number of Topliss-reactive ketones (excluding diaryl/α,β-unsaturated/α-hetero) is 1. The summed E-state index contributed by atoms with van der Waals surface area (Å²) in [5.41, 5.74) is 1.17. The summed E-state index contributed by atoms with van der Waals surface area (Å²) in [7, 11) is 1.44. The molecule has 0 radical (unpaired) electrons. The highest BCUT2D eigenvalue weighted by Crippen LogP contribution is 2.21. The van der Waals surface area contributed by atoms with Crippen LogP contribution in [0.25, 0.3) is 5.69 Å². The number of aromatic nitrogens is 2. The van der Waals surface area contributed by atoms with Crippen molar-refractivity contribution in [3.63, 3.8) is 0 Å². The molecule has 1 atom stereocenters. The van der Waals surface area contributed by atoms with Crippen LogP contribution in [-0.2, 0) is 4.74 Å². The van der Waals surface area contributed by atoms with Crippen LogP contribution in [0.15, 0.2) is 60.8 Å². The van der Waals surface area contributed by atoms with Gasteiger partial charge in [-0.15, -0.1) is 0 Å². The number of para-hydroxylation sites is 1. The number of ether oxygens (including phenoxy) is 2. The number of halogens is 1. The zero-order chi connectivity index (χ0) is 19.4. The fraction of sp³-hybridized carbons (Fsp3) is 0.150. The Labute approximate surface area is 161 Å². The summed E-state index contributed by atoms with van der Waals surface area (Å²) in [6, 6.07) is 15.6. The molecule has 6 nitrogen and oxygen atoms in total. The zero-order valence-corrected chi connectivity index (χ0v) is 15.5. The summed E-state index contributed by atoms with van der Waals surface area (Å²) in [6.07, 6.45) is 0.600. The summed E-state index contributed by atoms with van der Waals surface area (Å²) in [6.45, 7) is 1.51. The Kier molecular flexibility index (Phi) is 5.57. The van der Waals surface area contributed by atoms with Crippen molar-refractivity contribution in [1.29, 1.82) is 0 Å². The molecule has 0 saturated carbocycles. The quantitative estimate of drug-likeness (QED) is 0.475. The highest BCUT2D eigenvalue weighted by molar-refractivity contribution is 6.30. The van der Waals surface area contributed by atoms with E-state index in [-0.39, 0.29) is 17.2 Å². The van der Waals surface area contributed by atoms with Gasteiger partial charge in [0.25, 0.3) is 0 Å². The number of esters is 1. The first-order chi connectivity index (χ1) is 13.0. The molecule has 0 amide bonds. The van der Waals surface area contributed by atoms with E-state index in [2.05, 4.69) is 5.10 Å². The Hall–Kier alpha value is -3.12. The lowest BCUT2D eigenvalue weighted by Crippen LogP contribution is -2.25. The number of rotatable bonds is 6. The second kappa shape index (κ2) is 8.05. The van der Waals surface area contributed by atoms with Gasteiger partial charge in [0, 0.05) is 10.6 Å². The largest absolute Gasteiger partial charge is 0.493 e. The molecular weight excluding hydrogens is 368 g/mol. The van der Waals surface area contributed by atoms with E-state index in [0.717, 1.165) is 5.69 Å². The van der Waals surface area contributed by atoms with Gasteiger partial charge in [-0.2, -0.15) is 5.10 Å². The van der Waals surface area contributed by atoms with E-state index < -0.39 is 12.1 Å². The number of carbonyl (C=O) groups is 2. The molecule has 0 aliphatic rings. The van der Waals surface area contributed by atoms with E-state index in [1.807, 2.05) is 30.3 Å². The second-order valence-electron chi connectivity index (χ2n) is 5.74. The topological polar surface area (TPSA) is 70.4 Å². The molecule has 0 fully saturated rings. The van der Waals surface area contributed by atoms with Gasteiger partial charge in [-0.25, -0.2) is 9.48 Å². The van der Waals surface area contributed by atoms with Crippen LogP contribution in [0.4, 0.5) is 0 Å². The molecule has 3 rings (SSSR count). The lowest BCUT2D eigenvalue weighted by atomic mass is 10.1. The number of benzene rings is 2. The van der Waals surface area contributed by atoms with Crippen molar-refractivity contribution < 1.29 is 19.1 Å². The maximum absolute atomic E-state index is 12.5. The number of ketones is 1. The van der Waals surface area contributed by atoms with Crippen LogP contribution < -0.4 is 4.74 Å². The van der Waals surface area contributed by atoms with E-state index in [4.69, 9.17) is 21.1 Å². The normalized spacial score (nSPS) is 11.7. The first-order valence-electron chi connectivity index (χ1n) is 8.19. The summed E-state index contributed by atoms with van der Waals surface area (Å²) >= 11 is 5.83. The number of carbonyl (C=O) groups excluding carboxylic acids is 2. The summed E-state index contributed by atoms with van der Waals surface area (Å²) in [5, 5.41) is 4.76. The van der Waals surface area contributed by atoms with Gasteiger partial charge in [-0.3, -0.25) is 4.79 Å². The van der Waals surface area contributed by atoms with Crippen molar-refractivity contribution in [2.75, 3.05) is 7.11 Å². The molecule has 0 spiro atoms. The Balaban J connectivity index is 1.78. The van der Waals surface area contributed by atoms with Crippen LogP contribution >= 0.6 is 11.6 Å². The molecule has 1 heterocycles. The average molecular weight is 385 g/mol. The standard InChI is InChI=1S/C20H17ClN2O4/c1-13(19(24)14-8-10-15(21)11-9-14)27-20(25)18-17(26-2)12-23(22-18)16-6-4-3-5-7-16/h3-13H,1-2H3/t13-/m1/s1. The third-order valence-electron chi connectivity index (χ3n) is 3.90. The Morgan fingerprint density at radius 3 is 2.37 bits per heavy atom. The Bertz CT molecular complexity index is 952. The Morgan fingerprint density at radius 2 is 1.74 bits per heavy atom. The van der Waals surface area contributed by atoms with Gasteiger partial charge in [-0.1, -0.05) is 29.8 Å². The van der Waals surface area contributed by atoms with Gasteiger partial charge in [0.2, 0.25) is 11.5 Å². The monoisotopic (exact) mass is 384 g/mol. The van der Waals surface area contributed by atoms with Crippen molar-refractivity contribution in [3.8, 4) is 11.4 Å². The molecule has 27 heavy (non-hydrogen) atoms. The number of hydrogen-bond donors (Lipinski definition) is 0. The Morgan fingerprint density at radius 1 is 1.07 bits per heavy atom. The van der Waals surface area contributed by atoms with Crippen LogP contribution in [0, 0.1) is 0 Å². The smallest absolute Gasteiger partial charge is 0.363 e. The predicted octanol–water partition coefficient (Wildman–Crippen LogP) is 3.96. The number of nitrogens with zero attached hydrogens (tertiary/aromatic N) is 2. The van der Waals surface area contributed by atoms with Crippen LogP contribution in [0.2, 0.25) is 5.02 Å². The highest BCUT2D eigenvalue weighted by Gasteiger charge is 2.25. The third-order valence-corrected chi connectivity index (χ3v) is 4.15. The lowest BCUT2D eigenvalue weighted by molar-refractivity contribution is 0.0310. The average Bonchev–Trinajstić information content (AvgIpc) is 3.13. The maximum atomic E-state index is 12.5. The summed E-state index contributed by atoms with van der Waals surface area (Å²) in [5.74, 6) is -0.812. The summed E-state index contributed by atoms with van der Waals surface area (Å²) < 4.78 is 12.0. The first kappa shape index (κ1) is 18.7. The van der Waals surface area contributed by atoms with Crippen molar-refractivity contribution in [3.05, 3.63) is 77.1 Å². The molecule has 3 aromatic rings. The van der Waals surface area contributed by atoms with E-state index in [1.54, 1.807) is 30.5 Å². The maximum Gasteiger partial charge on any atom is 0.363 e. The molecular formula is C20H17ClN2O4. The van der Waals surface area contributed by atoms with E-state index >= 15 is 0 Å². The number of hydrogen-bond acceptors (Lipinski definition) is 5. The number of methoxy groups -OCH3 is 1. The molecule has 0 saturated heterocycles. The van der Waals surface area contributed by atoms with Gasteiger partial charge < -0.3 is 9.47 Å². The van der Waals surface area contributed by atoms with Crippen molar-refractivity contribution in [2.24, 2.45) is 0 Å². The minimum absolute atomic E-state index is 0.00268. The lowest BCUT2D eigenvalue weighted by Gasteiger charge is -2.12. The van der Waals surface area contributed by atoms with E-state index in [9.17, 15) is 9.59 Å². The molecule has 0 bridgehead atoms. The van der Waals surface area contributed by atoms with Gasteiger partial charge in [-0.05, 0) is 43.3 Å². The molecule has 0 aliphatic carbocycles. The van der Waals surface area contributed by atoms with Crippen molar-refractivity contribution in [1.82, 2.24) is 9.78 Å². The summed E-state index contributed by atoms with van der Waals surface area (Å²) in [4.78, 5) is 24.9. The molecule has 1 aromatic heterocycles. The van der Waals surface area contributed by atoms with Crippen LogP contribution in [0.1, 0.15) is 27.8 Å². The molecule has 7 heteroatoms. The molecule has 2 aromatic carbocycles. The van der Waals surface area contributed by atoms with Crippen LogP contribution in [0.5, 0.6) is 5.75 Å². The molecule has 0 N–H and O–H groups in total. The van der Waals surface area contributed by atoms with Crippen molar-refractivity contribution >= 4 is 23.4 Å². The van der Waals surface area contributed by atoms with E-state index in [1.165, 1.54) is 18.7 Å². The highest BCUT2D eigenvalue weighted by atomic mass is 35.5. The minimum Gasteiger partial charge on any atom is -0.493 e. The minimum atomic E-state index is -0.981. The zero-order valence-electron chi connectivity index (χ0n) is 14.8. The van der Waals surface area contributed by atoms with Gasteiger partial charge in [0.15, 0.2) is 11.9 Å². The van der Waals surface area contributed by atoms with Gasteiger partial charge in [0.05, 0.1) is 19.0 Å². The van der Waals surface area contributed by atoms with Crippen LogP contribution in [0.3, 0.4) is 0 Å². The van der Waals surface area contributed by atoms with Gasteiger partial charge in [0.1, 0.15) is 0 Å². The first-order valence-corrected chi connectivity index (χ1v) is 8.57. The molecule has 0 unspecified atom stereocenters. The van der Waals surface area contributed by atoms with Gasteiger partial charge >= 0.3 is 5.97 Å². The third kappa shape index (κ3) is 4.17. The fourth-order valence-corrected chi connectivity index (χ4v) is 2.61. The van der Waals surface area contributed by atoms with E-state index in [0.29, 0.717) is 10.6 Å². The molecule has 0 aliphatic heterocycles. The fourth-order valence-electron chi connectivity index (χ4n) is 2.48. The van der Waals surface area contributed by atoms with Crippen molar-refractivity contribution in [2.45, 2.75) is 13.0 Å². The van der Waals surface area contributed by atoms with Crippen LogP contribution in [-0.4, -0.2) is 34.7 Å². The molecule has 138 valence electrons.